The van der Waals surface area contributed by atoms with Gasteiger partial charge in [0.05, 0.1) is 9.47 Å². The number of allylic oxidation sites excluding steroid dienone is 1. The van der Waals surface area contributed by atoms with Gasteiger partial charge in [-0.2, -0.15) is 0 Å². The summed E-state index contributed by atoms with van der Waals surface area (Å²) >= 11 is 0. The summed E-state index contributed by atoms with van der Waals surface area (Å²) in [5.74, 6) is -0.254. The monoisotopic (exact) mass is 175 g/mol. The average Bonchev–Trinajstić information content (AvgIpc) is 2.05. The largest absolute Gasteiger partial charge is 0.450 e. The normalized spacial score (nSPS) is 13.4. The zero-order valence-electron chi connectivity index (χ0n) is 6.83. The van der Waals surface area contributed by atoms with Crippen molar-refractivity contribution in [3.63, 3.8) is 0 Å². The summed E-state index contributed by atoms with van der Waals surface area (Å²) in [6.45, 7) is 1.92. The molecule has 0 aliphatic rings. The quantitative estimate of drug-likeness (QED) is 0.509. The van der Waals surface area contributed by atoms with Crippen LogP contribution in [0.25, 0.3) is 0 Å². The molecule has 64 valence electrons. The minimum Gasteiger partial charge on any atom is -0.450 e. The average molecular weight is 175 g/mol. The summed E-state index contributed by atoms with van der Waals surface area (Å²) in [6.07, 6.45) is 4.49. The van der Waals surface area contributed by atoms with Crippen LogP contribution in [-0.2, 0) is 9.32 Å². The summed E-state index contributed by atoms with van der Waals surface area (Å²) in [5, 5.41) is 2.85. The van der Waals surface area contributed by atoms with Crippen LogP contribution in [0.3, 0.4) is 0 Å². The number of hydrogen-bond donors (Lipinski definition) is 1. The third-order valence-corrected chi connectivity index (χ3v) is 1.59. The first-order valence-electron chi connectivity index (χ1n) is 3.45. The van der Waals surface area contributed by atoms with E-state index in [9.17, 15) is 4.79 Å². The number of hydrogen-bond acceptors (Lipinski definition) is 3. The molecule has 4 heteroatoms. The van der Waals surface area contributed by atoms with Gasteiger partial charge in [0, 0.05) is 0 Å². The smallest absolute Gasteiger partial charge is 0.325 e. The van der Waals surface area contributed by atoms with Crippen molar-refractivity contribution < 1.29 is 9.32 Å². The van der Waals surface area contributed by atoms with E-state index >= 15 is 0 Å². The molecule has 2 atom stereocenters. The lowest BCUT2D eigenvalue weighted by Crippen LogP contribution is -2.33. The molecule has 0 aliphatic heterocycles. The van der Waals surface area contributed by atoms with E-state index in [2.05, 4.69) is 9.84 Å². The van der Waals surface area contributed by atoms with Crippen LogP contribution in [-0.4, -0.2) is 19.1 Å². The lowest BCUT2D eigenvalue weighted by molar-refractivity contribution is -0.135. The molecule has 0 rings (SSSR count). The van der Waals surface area contributed by atoms with Gasteiger partial charge in [-0.3, -0.25) is 4.79 Å². The molecule has 0 radical (unpaired) electrons. The van der Waals surface area contributed by atoms with E-state index in [1.807, 2.05) is 28.5 Å². The van der Waals surface area contributed by atoms with Crippen LogP contribution in [0.5, 0.6) is 0 Å². The fourth-order valence-corrected chi connectivity index (χ4v) is 0.850. The van der Waals surface area contributed by atoms with Crippen LogP contribution in [0.15, 0.2) is 12.2 Å². The number of nitrogens with one attached hydrogen (secondary N) is 1. The van der Waals surface area contributed by atoms with E-state index in [1.165, 1.54) is 0 Å². The zero-order valence-corrected chi connectivity index (χ0v) is 7.99. The molecule has 0 spiro atoms. The van der Waals surface area contributed by atoms with Gasteiger partial charge in [-0.1, -0.05) is 12.2 Å². The minimum absolute atomic E-state index is 0.233. The first kappa shape index (κ1) is 10.6. The maximum Gasteiger partial charge on any atom is 0.325 e. The molecule has 0 aromatic heterocycles. The van der Waals surface area contributed by atoms with Crippen LogP contribution < -0.4 is 5.32 Å². The maximum atomic E-state index is 10.9. The minimum atomic E-state index is -0.254. The lowest BCUT2D eigenvalue weighted by Gasteiger charge is -2.09. The number of rotatable bonds is 4. The molecular weight excluding hydrogens is 161 g/mol. The van der Waals surface area contributed by atoms with Crippen molar-refractivity contribution in [1.82, 2.24) is 5.32 Å². The third-order valence-electron chi connectivity index (χ3n) is 1.36. The first-order valence-corrected chi connectivity index (χ1v) is 3.92. The molecule has 0 fully saturated rings. The highest BCUT2D eigenvalue weighted by Crippen LogP contribution is 1.99. The van der Waals surface area contributed by atoms with E-state index in [0.717, 1.165) is 0 Å². The Morgan fingerprint density at radius 1 is 1.82 bits per heavy atom. The second-order valence-electron chi connectivity index (χ2n) is 2.08. The summed E-state index contributed by atoms with van der Waals surface area (Å²) < 4.78 is 4.48. The van der Waals surface area contributed by atoms with Gasteiger partial charge in [-0.15, -0.1) is 0 Å². The van der Waals surface area contributed by atoms with Crippen LogP contribution >= 0.6 is 9.47 Å². The first-order chi connectivity index (χ1) is 5.26. The second kappa shape index (κ2) is 6.32. The van der Waals surface area contributed by atoms with Crippen LogP contribution in [0.4, 0.5) is 0 Å². The number of carbonyl (C=O) groups is 1. The molecule has 2 unspecified atom stereocenters. The van der Waals surface area contributed by atoms with Crippen molar-refractivity contribution in [3.05, 3.63) is 12.2 Å². The standard InChI is InChI=1S/C7H14NO2P/c1-3-4-5-6(8-2)7(9)10-11/h3-4,6,8H,5,11H2,1-2H3/b4-3+. The van der Waals surface area contributed by atoms with Crippen molar-refractivity contribution in [2.45, 2.75) is 19.4 Å². The Morgan fingerprint density at radius 2 is 2.45 bits per heavy atom. The number of carbonyl (C=O) groups excluding carboxylic acids is 1. The Balaban J connectivity index is 3.84. The summed E-state index contributed by atoms with van der Waals surface area (Å²) in [7, 11) is 3.68. The molecule has 0 aromatic rings. The zero-order chi connectivity index (χ0) is 8.69. The Morgan fingerprint density at radius 3 is 2.82 bits per heavy atom. The molecule has 0 saturated carbocycles. The molecule has 0 saturated heterocycles. The van der Waals surface area contributed by atoms with Gasteiger partial charge in [-0.05, 0) is 20.4 Å². The van der Waals surface area contributed by atoms with Gasteiger partial charge in [0.15, 0.2) is 0 Å². The molecule has 0 heterocycles. The summed E-state index contributed by atoms with van der Waals surface area (Å²) in [5.41, 5.74) is 0. The Kier molecular flexibility index (Phi) is 6.09. The molecule has 11 heavy (non-hydrogen) atoms. The second-order valence-corrected chi connectivity index (χ2v) is 2.32. The number of likely N-dealkylation sites (N-methyl/N-ethyl adjacent to an activating group) is 1. The van der Waals surface area contributed by atoms with E-state index in [0.29, 0.717) is 6.42 Å². The van der Waals surface area contributed by atoms with Gasteiger partial charge >= 0.3 is 5.97 Å². The predicted molar refractivity (Wildman–Crippen MR) is 48.1 cm³/mol. The molecule has 0 amide bonds. The van der Waals surface area contributed by atoms with E-state index in [4.69, 9.17) is 0 Å². The fraction of sp³-hybridized carbons (Fsp3) is 0.571. The Bertz CT molecular complexity index is 147. The third kappa shape index (κ3) is 4.12. The highest BCUT2D eigenvalue weighted by molar-refractivity contribution is 7.10. The molecule has 0 aromatic carbocycles. The van der Waals surface area contributed by atoms with Crippen LogP contribution in [0.2, 0.25) is 0 Å². The van der Waals surface area contributed by atoms with Crippen LogP contribution in [0, 0.1) is 0 Å². The highest BCUT2D eigenvalue weighted by atomic mass is 31.0. The SMILES string of the molecule is C/C=C/CC(NC)C(=O)OP. The van der Waals surface area contributed by atoms with Crippen molar-refractivity contribution in [3.8, 4) is 0 Å². The lowest BCUT2D eigenvalue weighted by atomic mass is 10.2. The topological polar surface area (TPSA) is 38.3 Å². The van der Waals surface area contributed by atoms with Crippen molar-refractivity contribution in [2.24, 2.45) is 0 Å². The van der Waals surface area contributed by atoms with Gasteiger partial charge in [0.2, 0.25) is 0 Å². The molecular formula is C7H14NO2P. The van der Waals surface area contributed by atoms with Crippen LogP contribution in [0.1, 0.15) is 13.3 Å². The van der Waals surface area contributed by atoms with Gasteiger partial charge < -0.3 is 9.84 Å². The summed E-state index contributed by atoms with van der Waals surface area (Å²) in [4.78, 5) is 10.9. The highest BCUT2D eigenvalue weighted by Gasteiger charge is 2.13. The van der Waals surface area contributed by atoms with Gasteiger partial charge in [0.25, 0.3) is 0 Å². The predicted octanol–water partition coefficient (Wildman–Crippen LogP) is 0.874. The van der Waals surface area contributed by atoms with Gasteiger partial charge in [-0.25, -0.2) is 0 Å². The summed E-state index contributed by atoms with van der Waals surface area (Å²) in [6, 6.07) is -0.233. The molecule has 0 aliphatic carbocycles. The molecule has 3 nitrogen and oxygen atoms in total. The fourth-order valence-electron chi connectivity index (χ4n) is 0.686. The van der Waals surface area contributed by atoms with E-state index < -0.39 is 0 Å². The molecule has 1 N–H and O–H groups in total. The van der Waals surface area contributed by atoms with Crippen molar-refractivity contribution >= 4 is 15.4 Å². The van der Waals surface area contributed by atoms with Crippen molar-refractivity contribution in [2.75, 3.05) is 7.05 Å². The Labute approximate surface area is 69.5 Å². The van der Waals surface area contributed by atoms with Gasteiger partial charge in [0.1, 0.15) is 6.04 Å². The van der Waals surface area contributed by atoms with E-state index in [-0.39, 0.29) is 12.0 Å². The maximum absolute atomic E-state index is 10.9. The molecule has 0 bridgehead atoms. The Hall–Kier alpha value is -0.400. The van der Waals surface area contributed by atoms with E-state index in [1.54, 1.807) is 7.05 Å². The van der Waals surface area contributed by atoms with Crippen molar-refractivity contribution in [1.29, 1.82) is 0 Å².